The van der Waals surface area contributed by atoms with Gasteiger partial charge in [0.05, 0.1) is 0 Å². The minimum absolute atomic E-state index is 1.04. The molecule has 0 rings (SSSR count). The van der Waals surface area contributed by atoms with Crippen LogP contribution in [0.1, 0.15) is 27.2 Å². The van der Waals surface area contributed by atoms with Crippen LogP contribution >= 0.6 is 0 Å². The minimum atomic E-state index is 1.04. The van der Waals surface area contributed by atoms with Crippen LogP contribution < -0.4 is 5.32 Å². The molecule has 48 valence electrons. The molecule has 0 radical (unpaired) electrons. The smallest absolute Gasteiger partial charge is 0.0115 e. The lowest BCUT2D eigenvalue weighted by molar-refractivity contribution is 0.804. The number of hydrogen-bond donors (Lipinski definition) is 1. The second kappa shape index (κ2) is 4.69. The third kappa shape index (κ3) is 2.67. The molecule has 0 aromatic rings. The predicted octanol–water partition coefficient (Wildman–Crippen LogP) is 1.91. The topological polar surface area (TPSA) is 12.0 Å². The maximum Gasteiger partial charge on any atom is 0.0115 e. The van der Waals surface area contributed by atoms with Crippen molar-refractivity contribution in [3.8, 4) is 0 Å². The van der Waals surface area contributed by atoms with E-state index >= 15 is 0 Å². The fourth-order valence-corrected chi connectivity index (χ4v) is 0.658. The van der Waals surface area contributed by atoms with Gasteiger partial charge in [0.2, 0.25) is 0 Å². The van der Waals surface area contributed by atoms with E-state index in [4.69, 9.17) is 0 Å². The maximum absolute atomic E-state index is 3.24. The first-order valence-electron chi connectivity index (χ1n) is 3.24. The van der Waals surface area contributed by atoms with Crippen LogP contribution in [0, 0.1) is 0 Å². The second-order valence-electron chi connectivity index (χ2n) is 1.70. The Morgan fingerprint density at radius 2 is 2.12 bits per heavy atom. The van der Waals surface area contributed by atoms with Crippen molar-refractivity contribution in [3.05, 3.63) is 11.8 Å². The molecule has 1 N–H and O–H groups in total. The van der Waals surface area contributed by atoms with Crippen LogP contribution in [0.25, 0.3) is 0 Å². The predicted molar refractivity (Wildman–Crippen MR) is 37.7 cm³/mol. The van der Waals surface area contributed by atoms with Crippen molar-refractivity contribution in [1.82, 2.24) is 5.32 Å². The summed E-state index contributed by atoms with van der Waals surface area (Å²) in [5, 5.41) is 3.24. The molecule has 0 bridgehead atoms. The van der Waals surface area contributed by atoms with E-state index in [2.05, 4.69) is 32.2 Å². The number of hydrogen-bond acceptors (Lipinski definition) is 1. The molecule has 0 saturated carbocycles. The van der Waals surface area contributed by atoms with Gasteiger partial charge in [0, 0.05) is 12.2 Å². The molecule has 0 aliphatic heterocycles. The Bertz CT molecular complexity index is 74.5. The highest BCUT2D eigenvalue weighted by atomic mass is 14.9. The summed E-state index contributed by atoms with van der Waals surface area (Å²) >= 11 is 0. The van der Waals surface area contributed by atoms with Crippen molar-refractivity contribution in [2.75, 3.05) is 6.54 Å². The van der Waals surface area contributed by atoms with Crippen molar-refractivity contribution in [2.24, 2.45) is 0 Å². The summed E-state index contributed by atoms with van der Waals surface area (Å²) in [5.41, 5.74) is 1.34. The first kappa shape index (κ1) is 7.54. The van der Waals surface area contributed by atoms with Crippen LogP contribution in [-0.2, 0) is 0 Å². The number of allylic oxidation sites excluding steroid dienone is 2. The summed E-state index contributed by atoms with van der Waals surface area (Å²) < 4.78 is 0. The van der Waals surface area contributed by atoms with Gasteiger partial charge >= 0.3 is 0 Å². The van der Waals surface area contributed by atoms with E-state index in [9.17, 15) is 0 Å². The van der Waals surface area contributed by atoms with Crippen LogP contribution in [-0.4, -0.2) is 6.54 Å². The van der Waals surface area contributed by atoms with Gasteiger partial charge in [0.25, 0.3) is 0 Å². The van der Waals surface area contributed by atoms with E-state index in [1.165, 1.54) is 5.70 Å². The first-order valence-corrected chi connectivity index (χ1v) is 3.24. The van der Waals surface area contributed by atoms with Gasteiger partial charge in [-0.2, -0.15) is 0 Å². The summed E-state index contributed by atoms with van der Waals surface area (Å²) in [5.74, 6) is 0. The SMILES string of the molecule is C/C=C(\CC)NCC. The average molecular weight is 113 g/mol. The molecule has 0 aliphatic carbocycles. The molecule has 0 aromatic carbocycles. The zero-order valence-electron chi connectivity index (χ0n) is 5.99. The third-order valence-corrected chi connectivity index (χ3v) is 1.13. The van der Waals surface area contributed by atoms with Gasteiger partial charge < -0.3 is 5.32 Å². The molecule has 1 nitrogen and oxygen atoms in total. The summed E-state index contributed by atoms with van der Waals surface area (Å²) in [4.78, 5) is 0. The van der Waals surface area contributed by atoms with Gasteiger partial charge in [-0.3, -0.25) is 0 Å². The van der Waals surface area contributed by atoms with E-state index in [0.29, 0.717) is 0 Å². The molecule has 0 saturated heterocycles. The number of rotatable bonds is 3. The standard InChI is InChI=1S/C7H15N/c1-4-7(5-2)8-6-3/h4,8H,5-6H2,1-3H3/b7-4+. The van der Waals surface area contributed by atoms with Crippen molar-refractivity contribution >= 4 is 0 Å². The van der Waals surface area contributed by atoms with Gasteiger partial charge in [0.15, 0.2) is 0 Å². The lowest BCUT2D eigenvalue weighted by Crippen LogP contribution is -2.10. The third-order valence-electron chi connectivity index (χ3n) is 1.13. The molecule has 8 heavy (non-hydrogen) atoms. The van der Waals surface area contributed by atoms with Gasteiger partial charge in [-0.15, -0.1) is 0 Å². The van der Waals surface area contributed by atoms with Gasteiger partial charge in [0.1, 0.15) is 0 Å². The van der Waals surface area contributed by atoms with Crippen molar-refractivity contribution in [1.29, 1.82) is 0 Å². The van der Waals surface area contributed by atoms with Crippen LogP contribution in [0.4, 0.5) is 0 Å². The lowest BCUT2D eigenvalue weighted by Gasteiger charge is -2.02. The Kier molecular flexibility index (Phi) is 4.42. The van der Waals surface area contributed by atoms with E-state index in [1.807, 2.05) is 0 Å². The summed E-state index contributed by atoms with van der Waals surface area (Å²) in [6, 6.07) is 0. The Morgan fingerprint density at radius 3 is 2.25 bits per heavy atom. The molecule has 0 spiro atoms. The Morgan fingerprint density at radius 1 is 1.50 bits per heavy atom. The molecular weight excluding hydrogens is 98.1 g/mol. The zero-order valence-corrected chi connectivity index (χ0v) is 5.99. The van der Waals surface area contributed by atoms with Crippen LogP contribution in [0.2, 0.25) is 0 Å². The number of nitrogens with one attached hydrogen (secondary N) is 1. The zero-order chi connectivity index (χ0) is 6.41. The first-order chi connectivity index (χ1) is 3.85. The molecule has 0 atom stereocenters. The van der Waals surface area contributed by atoms with Crippen LogP contribution in [0.3, 0.4) is 0 Å². The van der Waals surface area contributed by atoms with E-state index in [1.54, 1.807) is 0 Å². The van der Waals surface area contributed by atoms with Crippen molar-refractivity contribution < 1.29 is 0 Å². The van der Waals surface area contributed by atoms with Crippen LogP contribution in [0.5, 0.6) is 0 Å². The van der Waals surface area contributed by atoms with E-state index in [-0.39, 0.29) is 0 Å². The van der Waals surface area contributed by atoms with Crippen molar-refractivity contribution in [2.45, 2.75) is 27.2 Å². The Balaban J connectivity index is 3.38. The lowest BCUT2D eigenvalue weighted by atomic mass is 10.3. The minimum Gasteiger partial charge on any atom is -0.389 e. The highest BCUT2D eigenvalue weighted by molar-refractivity contribution is 4.95. The van der Waals surface area contributed by atoms with Crippen LogP contribution in [0.15, 0.2) is 11.8 Å². The monoisotopic (exact) mass is 113 g/mol. The van der Waals surface area contributed by atoms with Gasteiger partial charge in [-0.1, -0.05) is 13.0 Å². The summed E-state index contributed by atoms with van der Waals surface area (Å²) in [6.45, 7) is 7.35. The molecule has 1 heteroatoms. The summed E-state index contributed by atoms with van der Waals surface area (Å²) in [7, 11) is 0. The Labute approximate surface area is 51.8 Å². The van der Waals surface area contributed by atoms with E-state index < -0.39 is 0 Å². The summed E-state index contributed by atoms with van der Waals surface area (Å²) in [6.07, 6.45) is 3.23. The fourth-order valence-electron chi connectivity index (χ4n) is 0.658. The quantitative estimate of drug-likeness (QED) is 0.589. The Hall–Kier alpha value is -0.460. The molecule has 0 fully saturated rings. The molecular formula is C7H15N. The van der Waals surface area contributed by atoms with Gasteiger partial charge in [-0.25, -0.2) is 0 Å². The van der Waals surface area contributed by atoms with E-state index in [0.717, 1.165) is 13.0 Å². The average Bonchev–Trinajstić information content (AvgIpc) is 1.83. The highest BCUT2D eigenvalue weighted by Gasteiger charge is 1.83. The van der Waals surface area contributed by atoms with Crippen molar-refractivity contribution in [3.63, 3.8) is 0 Å². The molecule has 0 heterocycles. The normalized spacial score (nSPS) is 11.6. The molecule has 0 amide bonds. The second-order valence-corrected chi connectivity index (χ2v) is 1.70. The fraction of sp³-hybridized carbons (Fsp3) is 0.714. The molecule has 0 aliphatic rings. The molecule has 0 aromatic heterocycles. The van der Waals surface area contributed by atoms with Gasteiger partial charge in [-0.05, 0) is 20.3 Å². The largest absolute Gasteiger partial charge is 0.389 e. The molecule has 0 unspecified atom stereocenters. The maximum atomic E-state index is 3.24. The highest BCUT2D eigenvalue weighted by Crippen LogP contribution is 1.92.